The number of hydrogen-bond acceptors (Lipinski definition) is 5. The van der Waals surface area contributed by atoms with Crippen LogP contribution < -0.4 is 4.74 Å². The Kier molecular flexibility index (Phi) is 2.93. The first-order chi connectivity index (χ1) is 12.3. The summed E-state index contributed by atoms with van der Waals surface area (Å²) in [5.41, 5.74) is 1.51. The van der Waals surface area contributed by atoms with Gasteiger partial charge in [-0.15, -0.1) is 10.2 Å². The number of ether oxygens (including phenoxy) is 1. The molecule has 7 heteroatoms. The molecule has 0 saturated carbocycles. The van der Waals surface area contributed by atoms with E-state index in [4.69, 9.17) is 4.74 Å². The first kappa shape index (κ1) is 13.9. The molecule has 0 fully saturated rings. The molecule has 122 valence electrons. The van der Waals surface area contributed by atoms with E-state index in [-0.39, 0.29) is 0 Å². The molecule has 0 unspecified atom stereocenters. The zero-order valence-corrected chi connectivity index (χ0v) is 13.5. The summed E-state index contributed by atoms with van der Waals surface area (Å²) in [6, 6.07) is 14.2. The van der Waals surface area contributed by atoms with Crippen molar-refractivity contribution in [3.63, 3.8) is 0 Å². The second-order valence-electron chi connectivity index (χ2n) is 5.86. The van der Waals surface area contributed by atoms with Gasteiger partial charge in [0.05, 0.1) is 11.6 Å². The quantitative estimate of drug-likeness (QED) is 0.509. The third-order valence-corrected chi connectivity index (χ3v) is 4.30. The fourth-order valence-electron chi connectivity index (χ4n) is 2.99. The molecule has 0 saturated heterocycles. The number of aryl methyl sites for hydroxylation is 1. The Morgan fingerprint density at radius 1 is 1.00 bits per heavy atom. The van der Waals surface area contributed by atoms with Crippen LogP contribution in [0.15, 0.2) is 55.0 Å². The molecule has 0 radical (unpaired) electrons. The van der Waals surface area contributed by atoms with Crippen LogP contribution in [0, 0.1) is 0 Å². The van der Waals surface area contributed by atoms with Crippen molar-refractivity contribution in [3.8, 4) is 5.75 Å². The Morgan fingerprint density at radius 2 is 1.88 bits per heavy atom. The lowest BCUT2D eigenvalue weighted by Gasteiger charge is -2.06. The molecule has 0 amide bonds. The summed E-state index contributed by atoms with van der Waals surface area (Å²) in [6.07, 6.45) is 3.46. The number of hydrogen-bond donors (Lipinski definition) is 0. The largest absolute Gasteiger partial charge is 0.486 e. The van der Waals surface area contributed by atoms with Gasteiger partial charge >= 0.3 is 0 Å². The van der Waals surface area contributed by atoms with Crippen molar-refractivity contribution in [1.29, 1.82) is 0 Å². The smallest absolute Gasteiger partial charge is 0.176 e. The summed E-state index contributed by atoms with van der Waals surface area (Å²) >= 11 is 0. The molecular weight excluding hydrogens is 316 g/mol. The SMILES string of the molecule is Cn1ncc2c1ncn1c(COc3ccc4ccccc4c3)nnc21. The number of rotatable bonds is 3. The highest BCUT2D eigenvalue weighted by Crippen LogP contribution is 2.22. The maximum absolute atomic E-state index is 5.91. The summed E-state index contributed by atoms with van der Waals surface area (Å²) < 4.78 is 9.47. The Bertz CT molecular complexity index is 1220. The highest BCUT2D eigenvalue weighted by molar-refractivity contribution is 5.88. The third-order valence-electron chi connectivity index (χ3n) is 4.30. The van der Waals surface area contributed by atoms with E-state index < -0.39 is 0 Å². The van der Waals surface area contributed by atoms with Gasteiger partial charge in [0.25, 0.3) is 0 Å². The highest BCUT2D eigenvalue weighted by Gasteiger charge is 2.12. The fraction of sp³-hybridized carbons (Fsp3) is 0.111. The molecule has 0 aliphatic heterocycles. The summed E-state index contributed by atoms with van der Waals surface area (Å²) in [7, 11) is 1.85. The molecule has 3 aromatic heterocycles. The van der Waals surface area contributed by atoms with Crippen LogP contribution in [-0.2, 0) is 13.7 Å². The molecule has 0 atom stereocenters. The number of benzene rings is 2. The molecule has 0 spiro atoms. The molecule has 0 N–H and O–H groups in total. The van der Waals surface area contributed by atoms with Crippen molar-refractivity contribution < 1.29 is 4.74 Å². The maximum atomic E-state index is 5.91. The predicted molar refractivity (Wildman–Crippen MR) is 93.3 cm³/mol. The van der Waals surface area contributed by atoms with Gasteiger partial charge in [-0.2, -0.15) is 5.10 Å². The normalized spacial score (nSPS) is 11.6. The summed E-state index contributed by atoms with van der Waals surface area (Å²) in [4.78, 5) is 4.43. The lowest BCUT2D eigenvalue weighted by Crippen LogP contribution is -2.02. The first-order valence-electron chi connectivity index (χ1n) is 7.91. The molecule has 5 aromatic rings. The Labute approximate surface area is 142 Å². The van der Waals surface area contributed by atoms with E-state index in [0.29, 0.717) is 12.4 Å². The lowest BCUT2D eigenvalue weighted by molar-refractivity contribution is 0.295. The zero-order chi connectivity index (χ0) is 16.8. The van der Waals surface area contributed by atoms with Crippen LogP contribution in [0.4, 0.5) is 0 Å². The van der Waals surface area contributed by atoms with Gasteiger partial charge in [0.1, 0.15) is 18.7 Å². The van der Waals surface area contributed by atoms with E-state index in [1.807, 2.05) is 41.8 Å². The Hall–Kier alpha value is -3.48. The molecule has 3 heterocycles. The minimum atomic E-state index is 0.312. The van der Waals surface area contributed by atoms with Gasteiger partial charge in [-0.05, 0) is 22.9 Å². The first-order valence-corrected chi connectivity index (χ1v) is 7.91. The van der Waals surface area contributed by atoms with E-state index in [1.165, 1.54) is 5.39 Å². The van der Waals surface area contributed by atoms with Crippen molar-refractivity contribution in [2.24, 2.45) is 7.05 Å². The van der Waals surface area contributed by atoms with Gasteiger partial charge in [0, 0.05) is 7.05 Å². The van der Waals surface area contributed by atoms with Crippen LogP contribution >= 0.6 is 0 Å². The monoisotopic (exact) mass is 330 g/mol. The number of aromatic nitrogens is 6. The zero-order valence-electron chi connectivity index (χ0n) is 13.5. The summed E-state index contributed by atoms with van der Waals surface area (Å²) in [5, 5.41) is 15.9. The van der Waals surface area contributed by atoms with Crippen molar-refractivity contribution in [2.75, 3.05) is 0 Å². The van der Waals surface area contributed by atoms with Gasteiger partial charge in [0.2, 0.25) is 0 Å². The van der Waals surface area contributed by atoms with Crippen molar-refractivity contribution >= 4 is 27.5 Å². The van der Waals surface area contributed by atoms with Crippen LogP contribution in [0.25, 0.3) is 27.5 Å². The van der Waals surface area contributed by atoms with Gasteiger partial charge < -0.3 is 4.74 Å². The molecular formula is C18H14N6O. The topological polar surface area (TPSA) is 70.1 Å². The standard InChI is InChI=1S/C18H14N6O/c1-23-17-15(9-20-23)18-22-21-16(24(18)11-19-17)10-25-14-7-6-12-4-2-3-5-13(12)8-14/h2-9,11H,10H2,1H3. The van der Waals surface area contributed by atoms with E-state index in [0.717, 1.165) is 27.8 Å². The summed E-state index contributed by atoms with van der Waals surface area (Å²) in [6.45, 7) is 0.312. The number of fused-ring (bicyclic) bond motifs is 4. The predicted octanol–water partition coefficient (Wildman–Crippen LogP) is 2.74. The highest BCUT2D eigenvalue weighted by atomic mass is 16.5. The Morgan fingerprint density at radius 3 is 2.80 bits per heavy atom. The maximum Gasteiger partial charge on any atom is 0.176 e. The van der Waals surface area contributed by atoms with Crippen LogP contribution in [-0.4, -0.2) is 29.4 Å². The average molecular weight is 330 g/mol. The average Bonchev–Trinajstić information content (AvgIpc) is 3.23. The fourth-order valence-corrected chi connectivity index (χ4v) is 2.99. The second kappa shape index (κ2) is 5.27. The Balaban J connectivity index is 1.48. The molecule has 2 aromatic carbocycles. The van der Waals surface area contributed by atoms with Gasteiger partial charge in [-0.1, -0.05) is 30.3 Å². The van der Waals surface area contributed by atoms with Crippen LogP contribution in [0.5, 0.6) is 5.75 Å². The molecule has 0 bridgehead atoms. The van der Waals surface area contributed by atoms with Gasteiger partial charge in [0.15, 0.2) is 17.1 Å². The van der Waals surface area contributed by atoms with Crippen molar-refractivity contribution in [2.45, 2.75) is 6.61 Å². The van der Waals surface area contributed by atoms with Crippen LogP contribution in [0.3, 0.4) is 0 Å². The van der Waals surface area contributed by atoms with Gasteiger partial charge in [-0.25, -0.2) is 4.98 Å². The van der Waals surface area contributed by atoms with E-state index in [2.05, 4.69) is 32.4 Å². The third kappa shape index (κ3) is 2.20. The second-order valence-corrected chi connectivity index (χ2v) is 5.86. The minimum Gasteiger partial charge on any atom is -0.486 e. The van der Waals surface area contributed by atoms with Crippen molar-refractivity contribution in [3.05, 3.63) is 60.8 Å². The minimum absolute atomic E-state index is 0.312. The molecule has 25 heavy (non-hydrogen) atoms. The lowest BCUT2D eigenvalue weighted by atomic mass is 10.1. The van der Waals surface area contributed by atoms with E-state index in [1.54, 1.807) is 17.2 Å². The molecule has 0 aliphatic rings. The van der Waals surface area contributed by atoms with Crippen LogP contribution in [0.2, 0.25) is 0 Å². The summed E-state index contributed by atoms with van der Waals surface area (Å²) in [5.74, 6) is 1.49. The van der Waals surface area contributed by atoms with Gasteiger partial charge in [-0.3, -0.25) is 9.08 Å². The van der Waals surface area contributed by atoms with E-state index in [9.17, 15) is 0 Å². The number of nitrogens with zero attached hydrogens (tertiary/aromatic N) is 6. The molecule has 5 rings (SSSR count). The van der Waals surface area contributed by atoms with Crippen molar-refractivity contribution in [1.82, 2.24) is 29.4 Å². The molecule has 0 aliphatic carbocycles. The van der Waals surface area contributed by atoms with Crippen LogP contribution in [0.1, 0.15) is 5.82 Å². The van der Waals surface area contributed by atoms with E-state index >= 15 is 0 Å². The molecule has 7 nitrogen and oxygen atoms in total.